The highest BCUT2D eigenvalue weighted by Crippen LogP contribution is 2.35. The summed E-state index contributed by atoms with van der Waals surface area (Å²) >= 11 is 0. The van der Waals surface area contributed by atoms with E-state index in [1.165, 1.54) is 18.2 Å². The molecule has 0 heterocycles. The Balaban J connectivity index is 2.86. The Kier molecular flexibility index (Phi) is 4.59. The fourth-order valence-electron chi connectivity index (χ4n) is 1.60. The molecule has 1 rings (SSSR count). The van der Waals surface area contributed by atoms with Gasteiger partial charge >= 0.3 is 6.18 Å². The van der Waals surface area contributed by atoms with Crippen molar-refractivity contribution in [1.29, 1.82) is 0 Å². The van der Waals surface area contributed by atoms with Gasteiger partial charge < -0.3 is 5.11 Å². The molecule has 0 radical (unpaired) electrons. The molecule has 17 heavy (non-hydrogen) atoms. The number of aliphatic hydroxyl groups is 1. The van der Waals surface area contributed by atoms with E-state index in [0.29, 0.717) is 12.8 Å². The van der Waals surface area contributed by atoms with E-state index in [-0.39, 0.29) is 12.0 Å². The van der Waals surface area contributed by atoms with E-state index in [2.05, 4.69) is 5.92 Å². The Bertz CT molecular complexity index is 404. The largest absolute Gasteiger partial charge is 0.416 e. The maximum absolute atomic E-state index is 12.7. The van der Waals surface area contributed by atoms with Crippen molar-refractivity contribution < 1.29 is 18.3 Å². The van der Waals surface area contributed by atoms with Gasteiger partial charge in [-0.05, 0) is 24.5 Å². The Morgan fingerprint density at radius 3 is 2.53 bits per heavy atom. The number of halogens is 3. The van der Waals surface area contributed by atoms with Gasteiger partial charge in [0.15, 0.2) is 0 Å². The van der Waals surface area contributed by atoms with Crippen molar-refractivity contribution >= 4 is 0 Å². The monoisotopic (exact) mass is 242 g/mol. The third-order valence-electron chi connectivity index (χ3n) is 2.42. The molecule has 1 N–H and O–H groups in total. The van der Waals surface area contributed by atoms with Crippen LogP contribution < -0.4 is 0 Å². The maximum Gasteiger partial charge on any atom is 0.416 e. The van der Waals surface area contributed by atoms with Crippen LogP contribution in [0.1, 0.15) is 36.5 Å². The summed E-state index contributed by atoms with van der Waals surface area (Å²) in [5.41, 5.74) is -0.870. The van der Waals surface area contributed by atoms with Crippen LogP contribution in [0.5, 0.6) is 0 Å². The molecular weight excluding hydrogens is 229 g/mol. The lowest BCUT2D eigenvalue weighted by Gasteiger charge is -2.16. The van der Waals surface area contributed by atoms with Crippen LogP contribution in [-0.4, -0.2) is 5.11 Å². The van der Waals surface area contributed by atoms with Crippen LogP contribution in [0.2, 0.25) is 0 Å². The van der Waals surface area contributed by atoms with Gasteiger partial charge in [0.2, 0.25) is 0 Å². The second-order valence-corrected chi connectivity index (χ2v) is 3.70. The van der Waals surface area contributed by atoms with Crippen molar-refractivity contribution in [3.05, 3.63) is 35.4 Å². The summed E-state index contributed by atoms with van der Waals surface area (Å²) in [5, 5.41) is 9.72. The molecule has 0 aliphatic heterocycles. The molecule has 0 aliphatic rings. The number of terminal acetylenes is 1. The minimum absolute atomic E-state index is 0.0861. The molecule has 0 amide bonds. The second-order valence-electron chi connectivity index (χ2n) is 3.70. The molecule has 92 valence electrons. The van der Waals surface area contributed by atoms with E-state index >= 15 is 0 Å². The second kappa shape index (κ2) is 5.74. The predicted molar refractivity (Wildman–Crippen MR) is 59.1 cm³/mol. The number of alkyl halides is 3. The Hall–Kier alpha value is -1.47. The van der Waals surface area contributed by atoms with Gasteiger partial charge in [-0.25, -0.2) is 0 Å². The third-order valence-corrected chi connectivity index (χ3v) is 2.42. The van der Waals surface area contributed by atoms with Crippen LogP contribution in [0.4, 0.5) is 13.2 Å². The predicted octanol–water partition coefficient (Wildman–Crippen LogP) is 3.54. The van der Waals surface area contributed by atoms with E-state index in [0.717, 1.165) is 6.07 Å². The minimum Gasteiger partial charge on any atom is -0.388 e. The van der Waals surface area contributed by atoms with Crippen molar-refractivity contribution in [2.24, 2.45) is 0 Å². The van der Waals surface area contributed by atoms with Crippen LogP contribution in [0.15, 0.2) is 24.3 Å². The average molecular weight is 242 g/mol. The molecule has 0 saturated heterocycles. The highest BCUT2D eigenvalue weighted by atomic mass is 19.4. The first-order valence-electron chi connectivity index (χ1n) is 5.24. The summed E-state index contributed by atoms with van der Waals surface area (Å²) < 4.78 is 38.0. The lowest BCUT2D eigenvalue weighted by atomic mass is 9.98. The molecule has 0 spiro atoms. The summed E-state index contributed by atoms with van der Waals surface area (Å²) in [7, 11) is 0. The van der Waals surface area contributed by atoms with Gasteiger partial charge in [0.25, 0.3) is 0 Å². The summed E-state index contributed by atoms with van der Waals surface area (Å²) in [6, 6.07) is 5.05. The zero-order valence-corrected chi connectivity index (χ0v) is 9.17. The fraction of sp³-hybridized carbons (Fsp3) is 0.385. The van der Waals surface area contributed by atoms with E-state index in [9.17, 15) is 18.3 Å². The summed E-state index contributed by atoms with van der Waals surface area (Å²) in [5.74, 6) is 2.39. The average Bonchev–Trinajstić information content (AvgIpc) is 2.28. The van der Waals surface area contributed by atoms with Crippen molar-refractivity contribution in [2.75, 3.05) is 0 Å². The van der Waals surface area contributed by atoms with Gasteiger partial charge in [-0.15, -0.1) is 12.3 Å². The molecule has 4 heteroatoms. The highest BCUT2D eigenvalue weighted by molar-refractivity contribution is 5.31. The first-order chi connectivity index (χ1) is 7.96. The van der Waals surface area contributed by atoms with E-state index < -0.39 is 17.8 Å². The number of hydrogen-bond acceptors (Lipinski definition) is 1. The lowest BCUT2D eigenvalue weighted by molar-refractivity contribution is -0.139. The maximum atomic E-state index is 12.7. The molecule has 0 aliphatic carbocycles. The van der Waals surface area contributed by atoms with Crippen molar-refractivity contribution in [2.45, 2.75) is 31.5 Å². The fourth-order valence-corrected chi connectivity index (χ4v) is 1.60. The molecule has 1 aromatic rings. The molecule has 1 nitrogen and oxygen atoms in total. The molecule has 1 aromatic carbocycles. The molecule has 1 unspecified atom stereocenters. The quantitative estimate of drug-likeness (QED) is 0.632. The smallest absolute Gasteiger partial charge is 0.388 e. The van der Waals surface area contributed by atoms with Crippen LogP contribution >= 0.6 is 0 Å². The van der Waals surface area contributed by atoms with Crippen LogP contribution in [0.25, 0.3) is 0 Å². The van der Waals surface area contributed by atoms with Crippen LogP contribution in [0, 0.1) is 12.3 Å². The molecule has 1 atom stereocenters. The molecule has 0 aromatic heterocycles. The van der Waals surface area contributed by atoms with E-state index in [4.69, 9.17) is 6.42 Å². The molecule has 0 saturated carbocycles. The topological polar surface area (TPSA) is 20.2 Å². The van der Waals surface area contributed by atoms with Gasteiger partial charge in [-0.2, -0.15) is 13.2 Å². The first-order valence-corrected chi connectivity index (χ1v) is 5.24. The number of benzene rings is 1. The SMILES string of the molecule is C#CCCCC(O)c1ccccc1C(F)(F)F. The normalized spacial score (nSPS) is 13.1. The highest BCUT2D eigenvalue weighted by Gasteiger charge is 2.34. The van der Waals surface area contributed by atoms with Crippen LogP contribution in [-0.2, 0) is 6.18 Å². The molecular formula is C13H13F3O. The number of unbranched alkanes of at least 4 members (excludes halogenated alkanes) is 1. The van der Waals surface area contributed by atoms with Gasteiger partial charge in [0.05, 0.1) is 11.7 Å². The summed E-state index contributed by atoms with van der Waals surface area (Å²) in [6.07, 6.45) is 0.663. The summed E-state index contributed by atoms with van der Waals surface area (Å²) in [6.45, 7) is 0. The first kappa shape index (κ1) is 13.6. The van der Waals surface area contributed by atoms with E-state index in [1.54, 1.807) is 0 Å². The number of aliphatic hydroxyl groups excluding tert-OH is 1. The standard InChI is InChI=1S/C13H13F3O/c1-2-3-4-9-12(17)10-7-5-6-8-11(10)13(14,15)16/h1,5-8,12,17H,3-4,9H2. The number of rotatable bonds is 4. The lowest BCUT2D eigenvalue weighted by Crippen LogP contribution is -2.11. The minimum atomic E-state index is -4.44. The van der Waals surface area contributed by atoms with Gasteiger partial charge in [-0.1, -0.05) is 18.2 Å². The van der Waals surface area contributed by atoms with Crippen LogP contribution in [0.3, 0.4) is 0 Å². The Labute approximate surface area is 98.3 Å². The Morgan fingerprint density at radius 2 is 1.94 bits per heavy atom. The van der Waals surface area contributed by atoms with Crippen molar-refractivity contribution in [1.82, 2.24) is 0 Å². The zero-order valence-electron chi connectivity index (χ0n) is 9.17. The van der Waals surface area contributed by atoms with Gasteiger partial charge in [-0.3, -0.25) is 0 Å². The van der Waals surface area contributed by atoms with Gasteiger partial charge in [0, 0.05) is 6.42 Å². The molecule has 0 bridgehead atoms. The van der Waals surface area contributed by atoms with Crippen molar-refractivity contribution in [3.63, 3.8) is 0 Å². The van der Waals surface area contributed by atoms with Crippen molar-refractivity contribution in [3.8, 4) is 12.3 Å². The summed E-state index contributed by atoms with van der Waals surface area (Å²) in [4.78, 5) is 0. The number of hydrogen-bond donors (Lipinski definition) is 1. The third kappa shape index (κ3) is 3.79. The van der Waals surface area contributed by atoms with E-state index in [1.807, 2.05) is 0 Å². The molecule has 0 fully saturated rings. The Morgan fingerprint density at radius 1 is 1.29 bits per heavy atom. The zero-order chi connectivity index (χ0) is 12.9. The van der Waals surface area contributed by atoms with Gasteiger partial charge in [0.1, 0.15) is 0 Å².